The summed E-state index contributed by atoms with van der Waals surface area (Å²) in [5.41, 5.74) is 5.34. The number of hydrogen-bond donors (Lipinski definition) is 1. The van der Waals surface area contributed by atoms with Gasteiger partial charge in [0, 0.05) is 10.9 Å². The molecule has 1 N–H and O–H groups in total. The second-order valence-electron chi connectivity index (χ2n) is 5.49. The molecule has 2 aromatic heterocycles. The molecule has 1 nitrogen and oxygen atoms in total. The van der Waals surface area contributed by atoms with Crippen molar-refractivity contribution in [2.45, 2.75) is 12.8 Å². The normalized spacial score (nSPS) is 11.1. The minimum absolute atomic E-state index is 1.06. The summed E-state index contributed by atoms with van der Waals surface area (Å²) < 4.78 is 0. The quantitative estimate of drug-likeness (QED) is 0.499. The van der Waals surface area contributed by atoms with Gasteiger partial charge in [0.05, 0.1) is 10.6 Å². The van der Waals surface area contributed by atoms with E-state index in [1.54, 1.807) is 11.3 Å². The number of fused-ring (bicyclic) bond motifs is 1. The summed E-state index contributed by atoms with van der Waals surface area (Å²) in [4.78, 5) is 4.93. The summed E-state index contributed by atoms with van der Waals surface area (Å²) in [6.07, 6.45) is 2.13. The van der Waals surface area contributed by atoms with Gasteiger partial charge in [-0.15, -0.1) is 11.3 Å². The fraction of sp³-hybridized carbons (Fsp3) is 0.100. The fourth-order valence-electron chi connectivity index (χ4n) is 3.00. The van der Waals surface area contributed by atoms with E-state index >= 15 is 0 Å². The van der Waals surface area contributed by atoms with Gasteiger partial charge in [-0.2, -0.15) is 0 Å². The first-order valence-corrected chi connectivity index (χ1v) is 8.47. The molecular weight excluding hydrogens is 286 g/mol. The predicted molar refractivity (Wildman–Crippen MR) is 95.5 cm³/mol. The second-order valence-corrected chi connectivity index (χ2v) is 6.43. The van der Waals surface area contributed by atoms with E-state index in [1.807, 2.05) is 0 Å². The Morgan fingerprint density at radius 1 is 0.773 bits per heavy atom. The van der Waals surface area contributed by atoms with Gasteiger partial charge in [-0.3, -0.25) is 0 Å². The minimum atomic E-state index is 1.06. The van der Waals surface area contributed by atoms with Crippen LogP contribution < -0.4 is 0 Å². The van der Waals surface area contributed by atoms with Crippen LogP contribution >= 0.6 is 11.3 Å². The number of aromatic nitrogens is 1. The summed E-state index contributed by atoms with van der Waals surface area (Å²) in [6.45, 7) is 0. The maximum Gasteiger partial charge on any atom is 0.0598 e. The van der Waals surface area contributed by atoms with Gasteiger partial charge in [-0.05, 0) is 41.5 Å². The Labute approximate surface area is 134 Å². The number of nitrogens with one attached hydrogen (secondary N) is 1. The molecule has 0 aliphatic carbocycles. The van der Waals surface area contributed by atoms with Crippen molar-refractivity contribution in [3.05, 3.63) is 83.2 Å². The summed E-state index contributed by atoms with van der Waals surface area (Å²) in [7, 11) is 0. The van der Waals surface area contributed by atoms with Crippen molar-refractivity contribution in [3.8, 4) is 10.6 Å². The molecule has 0 unspecified atom stereocenters. The van der Waals surface area contributed by atoms with Crippen LogP contribution in [0.2, 0.25) is 0 Å². The Kier molecular flexibility index (Phi) is 3.53. The van der Waals surface area contributed by atoms with E-state index in [0.717, 1.165) is 12.8 Å². The van der Waals surface area contributed by atoms with Crippen molar-refractivity contribution < 1.29 is 0 Å². The van der Waals surface area contributed by atoms with Crippen molar-refractivity contribution in [1.29, 1.82) is 0 Å². The number of benzene rings is 2. The van der Waals surface area contributed by atoms with Crippen molar-refractivity contribution in [1.82, 2.24) is 4.98 Å². The van der Waals surface area contributed by atoms with Gasteiger partial charge >= 0.3 is 0 Å². The van der Waals surface area contributed by atoms with Crippen LogP contribution in [0.3, 0.4) is 0 Å². The highest BCUT2D eigenvalue weighted by Gasteiger charge is 2.13. The molecule has 22 heavy (non-hydrogen) atoms. The number of H-pyrrole nitrogens is 1. The molecule has 0 aliphatic heterocycles. The average molecular weight is 303 g/mol. The van der Waals surface area contributed by atoms with Gasteiger partial charge in [0.1, 0.15) is 0 Å². The Hall–Kier alpha value is -2.32. The van der Waals surface area contributed by atoms with Gasteiger partial charge in [-0.1, -0.05) is 54.6 Å². The molecule has 0 bridgehead atoms. The third kappa shape index (κ3) is 2.46. The van der Waals surface area contributed by atoms with Crippen molar-refractivity contribution in [3.63, 3.8) is 0 Å². The smallest absolute Gasteiger partial charge is 0.0598 e. The number of aryl methyl sites for hydroxylation is 2. The summed E-state index contributed by atoms with van der Waals surface area (Å²) >= 11 is 1.80. The molecule has 108 valence electrons. The van der Waals surface area contributed by atoms with Crippen LogP contribution in [0.1, 0.15) is 11.1 Å². The molecule has 0 aliphatic rings. The van der Waals surface area contributed by atoms with Crippen LogP contribution in [-0.2, 0) is 12.8 Å². The lowest BCUT2D eigenvalue weighted by Gasteiger charge is -2.04. The van der Waals surface area contributed by atoms with Gasteiger partial charge in [0.15, 0.2) is 0 Å². The van der Waals surface area contributed by atoms with E-state index in [2.05, 4.69) is 77.1 Å². The Bertz CT molecular complexity index is 873. The summed E-state index contributed by atoms with van der Waals surface area (Å²) in [5.74, 6) is 0. The number of hydrogen-bond acceptors (Lipinski definition) is 1. The second kappa shape index (κ2) is 5.82. The van der Waals surface area contributed by atoms with Crippen LogP contribution in [0.25, 0.3) is 21.5 Å². The monoisotopic (exact) mass is 303 g/mol. The molecule has 0 atom stereocenters. The molecule has 2 heterocycles. The molecule has 0 radical (unpaired) electrons. The van der Waals surface area contributed by atoms with Gasteiger partial charge in [0.2, 0.25) is 0 Å². The highest BCUT2D eigenvalue weighted by Crippen LogP contribution is 2.33. The van der Waals surface area contributed by atoms with E-state index in [9.17, 15) is 0 Å². The number of aromatic amines is 1. The van der Waals surface area contributed by atoms with E-state index in [-0.39, 0.29) is 0 Å². The molecule has 0 fully saturated rings. The van der Waals surface area contributed by atoms with Crippen LogP contribution in [0, 0.1) is 0 Å². The lowest BCUT2D eigenvalue weighted by atomic mass is 10.0. The third-order valence-corrected chi connectivity index (χ3v) is 4.98. The van der Waals surface area contributed by atoms with Crippen LogP contribution in [0.5, 0.6) is 0 Å². The topological polar surface area (TPSA) is 15.8 Å². The first-order chi connectivity index (χ1) is 10.9. The SMILES string of the molecule is c1ccc(CCc2c(-c3cccs3)[nH]c3ccccc23)cc1. The molecular formula is C20H17NS. The van der Waals surface area contributed by atoms with E-state index in [1.165, 1.54) is 32.6 Å². The first-order valence-electron chi connectivity index (χ1n) is 7.59. The molecule has 2 aromatic carbocycles. The zero-order valence-corrected chi connectivity index (χ0v) is 13.1. The van der Waals surface area contributed by atoms with E-state index < -0.39 is 0 Å². The van der Waals surface area contributed by atoms with Crippen LogP contribution in [-0.4, -0.2) is 4.98 Å². The van der Waals surface area contributed by atoms with E-state index in [4.69, 9.17) is 0 Å². The maximum absolute atomic E-state index is 3.61. The zero-order valence-electron chi connectivity index (χ0n) is 12.3. The first kappa shape index (κ1) is 13.4. The third-order valence-electron chi connectivity index (χ3n) is 4.09. The number of rotatable bonds is 4. The van der Waals surface area contributed by atoms with Crippen molar-refractivity contribution in [2.24, 2.45) is 0 Å². The summed E-state index contributed by atoms with van der Waals surface area (Å²) in [6, 6.07) is 23.6. The van der Waals surface area contributed by atoms with Crippen molar-refractivity contribution >= 4 is 22.2 Å². The number of para-hydroxylation sites is 1. The molecule has 0 saturated carbocycles. The average Bonchev–Trinajstić information content (AvgIpc) is 3.21. The molecule has 0 amide bonds. The van der Waals surface area contributed by atoms with Crippen LogP contribution in [0.4, 0.5) is 0 Å². The Morgan fingerprint density at radius 3 is 2.41 bits per heavy atom. The van der Waals surface area contributed by atoms with Crippen LogP contribution in [0.15, 0.2) is 72.1 Å². The highest BCUT2D eigenvalue weighted by molar-refractivity contribution is 7.13. The zero-order chi connectivity index (χ0) is 14.8. The molecule has 2 heteroatoms. The fourth-order valence-corrected chi connectivity index (χ4v) is 3.76. The summed E-state index contributed by atoms with van der Waals surface area (Å²) in [5, 5.41) is 3.49. The van der Waals surface area contributed by atoms with E-state index in [0.29, 0.717) is 0 Å². The maximum atomic E-state index is 3.61. The van der Waals surface area contributed by atoms with Gasteiger partial charge in [-0.25, -0.2) is 0 Å². The highest BCUT2D eigenvalue weighted by atomic mass is 32.1. The molecule has 4 aromatic rings. The van der Waals surface area contributed by atoms with Gasteiger partial charge in [0.25, 0.3) is 0 Å². The largest absolute Gasteiger partial charge is 0.354 e. The lowest BCUT2D eigenvalue weighted by Crippen LogP contribution is -1.92. The van der Waals surface area contributed by atoms with Crippen molar-refractivity contribution in [2.75, 3.05) is 0 Å². The predicted octanol–water partition coefficient (Wildman–Crippen LogP) is 5.68. The molecule has 4 rings (SSSR count). The molecule has 0 spiro atoms. The Balaban J connectivity index is 1.76. The lowest BCUT2D eigenvalue weighted by molar-refractivity contribution is 0.971. The Morgan fingerprint density at radius 2 is 1.59 bits per heavy atom. The minimum Gasteiger partial charge on any atom is -0.354 e. The number of thiophene rings is 1. The van der Waals surface area contributed by atoms with Gasteiger partial charge < -0.3 is 4.98 Å². The standard InChI is InChI=1S/C20H17NS/c1-2-7-15(8-3-1)12-13-17-16-9-4-5-10-18(16)21-20(17)19-11-6-14-22-19/h1-11,14,21H,12-13H2. The molecule has 0 saturated heterocycles.